The van der Waals surface area contributed by atoms with Crippen molar-refractivity contribution in [3.05, 3.63) is 11.9 Å². The maximum Gasteiger partial charge on any atom is 0.111 e. The third kappa shape index (κ3) is 2.69. The van der Waals surface area contributed by atoms with Crippen LogP contribution in [0.1, 0.15) is 59.1 Å². The van der Waals surface area contributed by atoms with Gasteiger partial charge in [0, 0.05) is 6.54 Å². The molecular formula is C15H27N3O. The fourth-order valence-corrected chi connectivity index (χ4v) is 3.64. The van der Waals surface area contributed by atoms with Crippen LogP contribution in [-0.4, -0.2) is 20.1 Å². The van der Waals surface area contributed by atoms with Gasteiger partial charge in [-0.25, -0.2) is 4.68 Å². The first-order chi connectivity index (χ1) is 8.99. The third-order valence-electron chi connectivity index (χ3n) is 4.54. The van der Waals surface area contributed by atoms with Crippen LogP contribution in [0, 0.1) is 17.8 Å². The minimum absolute atomic E-state index is 0.304. The molecule has 1 N–H and O–H groups in total. The predicted octanol–water partition coefficient (Wildman–Crippen LogP) is 2.97. The highest BCUT2D eigenvalue weighted by Crippen LogP contribution is 2.46. The first-order valence-electron chi connectivity index (χ1n) is 7.60. The fourth-order valence-electron chi connectivity index (χ4n) is 3.64. The number of rotatable bonds is 4. The molecule has 2 rings (SSSR count). The lowest BCUT2D eigenvalue weighted by atomic mass is 9.66. The van der Waals surface area contributed by atoms with Crippen LogP contribution in [0.15, 0.2) is 6.20 Å². The molecule has 108 valence electrons. The van der Waals surface area contributed by atoms with Gasteiger partial charge in [0.15, 0.2) is 0 Å². The summed E-state index contributed by atoms with van der Waals surface area (Å²) in [5, 5.41) is 19.5. The van der Waals surface area contributed by atoms with E-state index in [0.29, 0.717) is 17.8 Å². The highest BCUT2D eigenvalue weighted by Gasteiger charge is 2.46. The molecular weight excluding hydrogens is 238 g/mol. The Labute approximate surface area is 116 Å². The summed E-state index contributed by atoms with van der Waals surface area (Å²) < 4.78 is 1.90. The van der Waals surface area contributed by atoms with Gasteiger partial charge in [-0.2, -0.15) is 0 Å². The van der Waals surface area contributed by atoms with E-state index in [2.05, 4.69) is 38.0 Å². The monoisotopic (exact) mass is 265 g/mol. The van der Waals surface area contributed by atoms with E-state index in [-0.39, 0.29) is 0 Å². The first kappa shape index (κ1) is 14.5. The second-order valence-corrected chi connectivity index (χ2v) is 6.50. The zero-order valence-corrected chi connectivity index (χ0v) is 12.6. The molecule has 0 radical (unpaired) electrons. The minimum Gasteiger partial charge on any atom is -0.383 e. The van der Waals surface area contributed by atoms with Gasteiger partial charge in [0.05, 0.1) is 11.9 Å². The Bertz CT molecular complexity index is 415. The average molecular weight is 265 g/mol. The third-order valence-corrected chi connectivity index (χ3v) is 4.54. The number of aromatic nitrogens is 3. The summed E-state index contributed by atoms with van der Waals surface area (Å²) in [6.07, 6.45) is 5.90. The summed E-state index contributed by atoms with van der Waals surface area (Å²) in [5.74, 6) is 1.34. The molecule has 0 aliphatic heterocycles. The first-order valence-corrected chi connectivity index (χ1v) is 7.60. The molecule has 0 amide bonds. The second-order valence-electron chi connectivity index (χ2n) is 6.50. The minimum atomic E-state index is -0.759. The van der Waals surface area contributed by atoms with E-state index in [9.17, 15) is 5.11 Å². The van der Waals surface area contributed by atoms with Gasteiger partial charge in [-0.15, -0.1) is 5.10 Å². The molecule has 3 atom stereocenters. The molecule has 1 aromatic rings. The molecule has 1 aliphatic carbocycles. The fraction of sp³-hybridized carbons (Fsp3) is 0.867. The van der Waals surface area contributed by atoms with Crippen molar-refractivity contribution in [1.82, 2.24) is 15.0 Å². The van der Waals surface area contributed by atoms with Crippen molar-refractivity contribution in [2.24, 2.45) is 17.8 Å². The molecule has 19 heavy (non-hydrogen) atoms. The van der Waals surface area contributed by atoms with Crippen LogP contribution in [-0.2, 0) is 12.1 Å². The molecule has 1 fully saturated rings. The molecule has 4 nitrogen and oxygen atoms in total. The van der Waals surface area contributed by atoms with Crippen molar-refractivity contribution in [2.75, 3.05) is 0 Å². The van der Waals surface area contributed by atoms with E-state index >= 15 is 0 Å². The Balaban J connectivity index is 2.37. The van der Waals surface area contributed by atoms with E-state index in [4.69, 9.17) is 0 Å². The second kappa shape index (κ2) is 5.61. The van der Waals surface area contributed by atoms with E-state index in [1.807, 2.05) is 4.68 Å². The number of nitrogens with zero attached hydrogens (tertiary/aromatic N) is 3. The van der Waals surface area contributed by atoms with Gasteiger partial charge in [-0.3, -0.25) is 0 Å². The lowest BCUT2D eigenvalue weighted by Crippen LogP contribution is -2.44. The van der Waals surface area contributed by atoms with E-state index < -0.39 is 5.60 Å². The average Bonchev–Trinajstić information content (AvgIpc) is 2.77. The summed E-state index contributed by atoms with van der Waals surface area (Å²) in [6.45, 7) is 9.60. The molecule has 3 unspecified atom stereocenters. The predicted molar refractivity (Wildman–Crippen MR) is 75.6 cm³/mol. The number of aryl methyl sites for hydroxylation is 1. The molecule has 1 heterocycles. The van der Waals surface area contributed by atoms with Crippen molar-refractivity contribution in [1.29, 1.82) is 0 Å². The van der Waals surface area contributed by atoms with Crippen molar-refractivity contribution in [2.45, 2.75) is 65.5 Å². The quantitative estimate of drug-likeness (QED) is 0.910. The number of hydrogen-bond acceptors (Lipinski definition) is 3. The van der Waals surface area contributed by atoms with Gasteiger partial charge in [0.1, 0.15) is 5.60 Å². The zero-order valence-electron chi connectivity index (χ0n) is 12.6. The summed E-state index contributed by atoms with van der Waals surface area (Å²) in [5.41, 5.74) is 0.157. The van der Waals surface area contributed by atoms with Crippen molar-refractivity contribution in [3.8, 4) is 0 Å². The zero-order chi connectivity index (χ0) is 14.0. The topological polar surface area (TPSA) is 50.9 Å². The van der Waals surface area contributed by atoms with Gasteiger partial charge in [-0.05, 0) is 37.0 Å². The lowest BCUT2D eigenvalue weighted by molar-refractivity contribution is -0.0926. The molecule has 0 spiro atoms. The number of hydrogen-bond donors (Lipinski definition) is 1. The Morgan fingerprint density at radius 2 is 2.21 bits per heavy atom. The van der Waals surface area contributed by atoms with Crippen LogP contribution in [0.25, 0.3) is 0 Å². The van der Waals surface area contributed by atoms with Crippen LogP contribution in [0.3, 0.4) is 0 Å². The summed E-state index contributed by atoms with van der Waals surface area (Å²) >= 11 is 0. The highest BCUT2D eigenvalue weighted by molar-refractivity contribution is 5.13. The highest BCUT2D eigenvalue weighted by atomic mass is 16.3. The maximum atomic E-state index is 11.3. The van der Waals surface area contributed by atoms with Crippen LogP contribution < -0.4 is 0 Å². The normalized spacial score (nSPS) is 31.9. The van der Waals surface area contributed by atoms with Crippen molar-refractivity contribution >= 4 is 0 Å². The van der Waals surface area contributed by atoms with Gasteiger partial charge in [0.2, 0.25) is 0 Å². The van der Waals surface area contributed by atoms with Gasteiger partial charge in [-0.1, -0.05) is 39.3 Å². The van der Waals surface area contributed by atoms with Crippen LogP contribution in [0.4, 0.5) is 0 Å². The van der Waals surface area contributed by atoms with Crippen LogP contribution in [0.5, 0.6) is 0 Å². The lowest BCUT2D eigenvalue weighted by Gasteiger charge is -2.44. The molecule has 4 heteroatoms. The Kier molecular flexibility index (Phi) is 4.29. The maximum absolute atomic E-state index is 11.3. The summed E-state index contributed by atoms with van der Waals surface area (Å²) in [7, 11) is 0. The summed E-state index contributed by atoms with van der Waals surface area (Å²) in [6, 6.07) is 0. The Morgan fingerprint density at radius 1 is 1.47 bits per heavy atom. The largest absolute Gasteiger partial charge is 0.383 e. The molecule has 0 bridgehead atoms. The number of aliphatic hydroxyl groups is 1. The smallest absolute Gasteiger partial charge is 0.111 e. The molecule has 0 saturated heterocycles. The standard InChI is InChI=1S/C15H27N3O/c1-5-8-18-14(10-16-17-18)15(19)9-12(4)6-7-13(15)11(2)3/h10-13,19H,5-9H2,1-4H3. The van der Waals surface area contributed by atoms with Gasteiger partial charge < -0.3 is 5.11 Å². The van der Waals surface area contributed by atoms with Crippen molar-refractivity contribution < 1.29 is 5.11 Å². The van der Waals surface area contributed by atoms with Crippen LogP contribution in [0.2, 0.25) is 0 Å². The Hall–Kier alpha value is -0.900. The molecule has 0 aromatic carbocycles. The molecule has 1 aliphatic rings. The van der Waals surface area contributed by atoms with Gasteiger partial charge >= 0.3 is 0 Å². The van der Waals surface area contributed by atoms with E-state index in [1.54, 1.807) is 6.20 Å². The summed E-state index contributed by atoms with van der Waals surface area (Å²) in [4.78, 5) is 0. The molecule has 1 aromatic heterocycles. The van der Waals surface area contributed by atoms with Crippen LogP contribution >= 0.6 is 0 Å². The molecule has 1 saturated carbocycles. The Morgan fingerprint density at radius 3 is 2.84 bits per heavy atom. The van der Waals surface area contributed by atoms with Gasteiger partial charge in [0.25, 0.3) is 0 Å². The van der Waals surface area contributed by atoms with E-state index in [0.717, 1.165) is 31.5 Å². The van der Waals surface area contributed by atoms with Crippen molar-refractivity contribution in [3.63, 3.8) is 0 Å². The van der Waals surface area contributed by atoms with E-state index in [1.165, 1.54) is 6.42 Å². The SMILES string of the molecule is CCCn1nncc1C1(O)CC(C)CCC1C(C)C.